The fraction of sp³-hybridized carbons (Fsp3) is 0.200. The van der Waals surface area contributed by atoms with E-state index in [0.29, 0.717) is 17.9 Å². The fourth-order valence-corrected chi connectivity index (χ4v) is 2.67. The topological polar surface area (TPSA) is 65.7 Å². The number of fused-ring (bicyclic) bond motifs is 3. The Bertz CT molecular complexity index is 951. The number of ether oxygens (including phenoxy) is 2. The standard InChI is InChI=1S/C20H18O5/c1-3-20(22)24-15-7-9-17-16-8-6-14(5-4-10-23-13(2)21)11-18(16)25-19(17)12-15/h3,6-9,11-12H,1,4-5,10H2,2H3. The highest BCUT2D eigenvalue weighted by Gasteiger charge is 2.10. The Morgan fingerprint density at radius 3 is 2.56 bits per heavy atom. The van der Waals surface area contributed by atoms with Crippen LogP contribution < -0.4 is 4.74 Å². The first-order chi connectivity index (χ1) is 12.1. The van der Waals surface area contributed by atoms with Crippen molar-refractivity contribution in [3.05, 3.63) is 54.6 Å². The van der Waals surface area contributed by atoms with E-state index in [1.165, 1.54) is 6.92 Å². The number of carbonyl (C=O) groups excluding carboxylic acids is 2. The smallest absolute Gasteiger partial charge is 0.335 e. The van der Waals surface area contributed by atoms with Gasteiger partial charge in [0, 0.05) is 29.8 Å². The van der Waals surface area contributed by atoms with Crippen LogP contribution in [0.15, 0.2) is 53.5 Å². The second-order valence-corrected chi connectivity index (χ2v) is 5.66. The monoisotopic (exact) mass is 338 g/mol. The van der Waals surface area contributed by atoms with Crippen LogP contribution in [0.4, 0.5) is 0 Å². The van der Waals surface area contributed by atoms with Crippen molar-refractivity contribution < 1.29 is 23.5 Å². The van der Waals surface area contributed by atoms with Crippen molar-refractivity contribution in [2.75, 3.05) is 6.61 Å². The number of aryl methyl sites for hydroxylation is 1. The lowest BCUT2D eigenvalue weighted by Crippen LogP contribution is -2.02. The zero-order chi connectivity index (χ0) is 17.8. The van der Waals surface area contributed by atoms with E-state index < -0.39 is 5.97 Å². The first-order valence-electron chi connectivity index (χ1n) is 7.99. The summed E-state index contributed by atoms with van der Waals surface area (Å²) in [6.07, 6.45) is 2.67. The van der Waals surface area contributed by atoms with Crippen molar-refractivity contribution in [3.63, 3.8) is 0 Å². The van der Waals surface area contributed by atoms with Crippen molar-refractivity contribution in [1.82, 2.24) is 0 Å². The highest BCUT2D eigenvalue weighted by Crippen LogP contribution is 2.32. The molecule has 1 heterocycles. The zero-order valence-electron chi connectivity index (χ0n) is 13.9. The SMILES string of the molecule is C=CC(=O)Oc1ccc2c(c1)oc1cc(CCCOC(C)=O)ccc12. The number of rotatable bonds is 6. The molecular formula is C20H18O5. The minimum Gasteiger partial charge on any atom is -0.466 e. The number of benzene rings is 2. The minimum atomic E-state index is -0.509. The molecule has 0 saturated heterocycles. The molecule has 0 fully saturated rings. The van der Waals surface area contributed by atoms with E-state index in [4.69, 9.17) is 13.9 Å². The molecule has 0 aliphatic carbocycles. The fourth-order valence-electron chi connectivity index (χ4n) is 2.67. The van der Waals surface area contributed by atoms with Crippen LogP contribution in [0.25, 0.3) is 21.9 Å². The Kier molecular flexibility index (Phi) is 4.84. The molecule has 0 aliphatic rings. The first kappa shape index (κ1) is 16.8. The molecule has 5 heteroatoms. The predicted molar refractivity (Wildman–Crippen MR) is 94.5 cm³/mol. The summed E-state index contributed by atoms with van der Waals surface area (Å²) in [5.74, 6) is -0.357. The van der Waals surface area contributed by atoms with Crippen LogP contribution in [0, 0.1) is 0 Å². The van der Waals surface area contributed by atoms with E-state index in [9.17, 15) is 9.59 Å². The summed E-state index contributed by atoms with van der Waals surface area (Å²) in [4.78, 5) is 22.1. The summed E-state index contributed by atoms with van der Waals surface area (Å²) in [6, 6.07) is 11.3. The molecule has 25 heavy (non-hydrogen) atoms. The number of esters is 2. The highest BCUT2D eigenvalue weighted by atomic mass is 16.5. The van der Waals surface area contributed by atoms with Crippen LogP contribution in [-0.2, 0) is 20.7 Å². The molecule has 0 N–H and O–H groups in total. The number of furan rings is 1. The van der Waals surface area contributed by atoms with Crippen LogP contribution in [0.5, 0.6) is 5.75 Å². The lowest BCUT2D eigenvalue weighted by molar-refractivity contribution is -0.141. The maximum atomic E-state index is 11.3. The van der Waals surface area contributed by atoms with Gasteiger partial charge in [0.2, 0.25) is 0 Å². The lowest BCUT2D eigenvalue weighted by Gasteiger charge is -2.02. The van der Waals surface area contributed by atoms with E-state index in [1.54, 1.807) is 12.1 Å². The van der Waals surface area contributed by atoms with Gasteiger partial charge in [-0.1, -0.05) is 18.7 Å². The predicted octanol–water partition coefficient (Wildman–Crippen LogP) is 4.17. The van der Waals surface area contributed by atoms with E-state index in [-0.39, 0.29) is 5.97 Å². The van der Waals surface area contributed by atoms with Crippen molar-refractivity contribution in [1.29, 1.82) is 0 Å². The first-order valence-corrected chi connectivity index (χ1v) is 7.99. The Morgan fingerprint density at radius 2 is 1.84 bits per heavy atom. The van der Waals surface area contributed by atoms with Gasteiger partial charge in [-0.25, -0.2) is 4.79 Å². The Labute approximate surface area is 144 Å². The normalized spacial score (nSPS) is 10.8. The van der Waals surface area contributed by atoms with Crippen LogP contribution >= 0.6 is 0 Å². The summed E-state index contributed by atoms with van der Waals surface area (Å²) in [6.45, 7) is 5.19. The summed E-state index contributed by atoms with van der Waals surface area (Å²) in [7, 11) is 0. The average Bonchev–Trinajstić information content (AvgIpc) is 2.95. The molecule has 0 atom stereocenters. The van der Waals surface area contributed by atoms with E-state index in [1.807, 2.05) is 24.3 Å². The highest BCUT2D eigenvalue weighted by molar-refractivity contribution is 6.05. The third-order valence-electron chi connectivity index (χ3n) is 3.81. The van der Waals surface area contributed by atoms with Gasteiger partial charge in [0.05, 0.1) is 6.61 Å². The van der Waals surface area contributed by atoms with Crippen molar-refractivity contribution in [2.24, 2.45) is 0 Å². The molecule has 1 aromatic heterocycles. The molecule has 2 aromatic carbocycles. The molecule has 0 saturated carbocycles. The van der Waals surface area contributed by atoms with Crippen LogP contribution in [-0.4, -0.2) is 18.5 Å². The third-order valence-corrected chi connectivity index (χ3v) is 3.81. The van der Waals surface area contributed by atoms with Crippen LogP contribution in [0.3, 0.4) is 0 Å². The van der Waals surface area contributed by atoms with Gasteiger partial charge in [0.1, 0.15) is 16.9 Å². The van der Waals surface area contributed by atoms with Crippen molar-refractivity contribution in [3.8, 4) is 5.75 Å². The molecule has 5 nitrogen and oxygen atoms in total. The lowest BCUT2D eigenvalue weighted by atomic mass is 10.1. The molecule has 128 valence electrons. The number of carbonyl (C=O) groups is 2. The van der Waals surface area contributed by atoms with Crippen LogP contribution in [0.1, 0.15) is 18.9 Å². The molecule has 0 radical (unpaired) electrons. The van der Waals surface area contributed by atoms with Gasteiger partial charge in [-0.3, -0.25) is 4.79 Å². The quantitative estimate of drug-likeness (QED) is 0.292. The Morgan fingerprint density at radius 1 is 1.12 bits per heavy atom. The van der Waals surface area contributed by atoms with Gasteiger partial charge >= 0.3 is 11.9 Å². The maximum Gasteiger partial charge on any atom is 0.335 e. The Hall–Kier alpha value is -3.08. The van der Waals surface area contributed by atoms with E-state index >= 15 is 0 Å². The summed E-state index contributed by atoms with van der Waals surface area (Å²) in [5.41, 5.74) is 2.53. The molecule has 3 rings (SSSR count). The zero-order valence-corrected chi connectivity index (χ0v) is 13.9. The molecule has 0 amide bonds. The molecule has 0 aliphatic heterocycles. The van der Waals surface area contributed by atoms with Crippen molar-refractivity contribution >= 4 is 33.9 Å². The van der Waals surface area contributed by atoms with Crippen molar-refractivity contribution in [2.45, 2.75) is 19.8 Å². The van der Waals surface area contributed by atoms with E-state index in [2.05, 4.69) is 6.58 Å². The Balaban J connectivity index is 1.82. The molecule has 0 bridgehead atoms. The molecule has 3 aromatic rings. The van der Waals surface area contributed by atoms with Gasteiger partial charge < -0.3 is 13.9 Å². The van der Waals surface area contributed by atoms with Gasteiger partial charge in [0.15, 0.2) is 0 Å². The molecule has 0 unspecified atom stereocenters. The van der Waals surface area contributed by atoms with Gasteiger partial charge in [-0.15, -0.1) is 0 Å². The average molecular weight is 338 g/mol. The van der Waals surface area contributed by atoms with Gasteiger partial charge in [-0.2, -0.15) is 0 Å². The third kappa shape index (κ3) is 3.88. The summed E-state index contributed by atoms with van der Waals surface area (Å²) < 4.78 is 16.0. The van der Waals surface area contributed by atoms with E-state index in [0.717, 1.165) is 40.8 Å². The summed E-state index contributed by atoms with van der Waals surface area (Å²) >= 11 is 0. The van der Waals surface area contributed by atoms with Crippen LogP contribution in [0.2, 0.25) is 0 Å². The van der Waals surface area contributed by atoms with Gasteiger partial charge in [0.25, 0.3) is 0 Å². The maximum absolute atomic E-state index is 11.3. The second-order valence-electron chi connectivity index (χ2n) is 5.66. The summed E-state index contributed by atoms with van der Waals surface area (Å²) in [5, 5.41) is 1.96. The number of hydrogen-bond donors (Lipinski definition) is 0. The number of hydrogen-bond acceptors (Lipinski definition) is 5. The van der Waals surface area contributed by atoms with Gasteiger partial charge in [-0.05, 0) is 36.6 Å². The molecule has 0 spiro atoms. The minimum absolute atomic E-state index is 0.263. The second kappa shape index (κ2) is 7.21. The largest absolute Gasteiger partial charge is 0.466 e. The molecular weight excluding hydrogens is 320 g/mol.